The van der Waals surface area contributed by atoms with Crippen molar-refractivity contribution in [2.75, 3.05) is 0 Å². The third-order valence-corrected chi connectivity index (χ3v) is 4.95. The Balaban J connectivity index is 1.85. The van der Waals surface area contributed by atoms with Gasteiger partial charge in [-0.3, -0.25) is 0 Å². The molecule has 1 aromatic heterocycles. The van der Waals surface area contributed by atoms with Gasteiger partial charge in [0.1, 0.15) is 17.2 Å². The van der Waals surface area contributed by atoms with Crippen molar-refractivity contribution in [1.29, 1.82) is 0 Å². The molecule has 0 N–H and O–H groups in total. The molecule has 0 bridgehead atoms. The summed E-state index contributed by atoms with van der Waals surface area (Å²) in [4.78, 5) is 4.37. The normalized spacial score (nSPS) is 12.2. The lowest BCUT2D eigenvalue weighted by molar-refractivity contribution is -0.275. The fourth-order valence-corrected chi connectivity index (χ4v) is 3.57. The third-order valence-electron chi connectivity index (χ3n) is 4.95. The Hall–Kier alpha value is -4.42. The lowest BCUT2D eigenvalue weighted by Gasteiger charge is -2.14. The van der Waals surface area contributed by atoms with E-state index in [0.29, 0.717) is 0 Å². The van der Waals surface area contributed by atoms with E-state index < -0.39 is 36.3 Å². The van der Waals surface area contributed by atoms with Gasteiger partial charge in [0.15, 0.2) is 0 Å². The predicted octanol–water partition coefficient (Wildman–Crippen LogP) is 8.78. The van der Waals surface area contributed by atoms with E-state index in [1.807, 2.05) is 0 Å². The molecular weight excluding hydrogens is 545 g/mol. The van der Waals surface area contributed by atoms with Gasteiger partial charge in [0, 0.05) is 11.1 Å². The van der Waals surface area contributed by atoms with Crippen LogP contribution in [0.2, 0.25) is 0 Å². The average molecular weight is 559 g/mol. The van der Waals surface area contributed by atoms with Crippen LogP contribution >= 0.6 is 0 Å². The summed E-state index contributed by atoms with van der Waals surface area (Å²) in [5.41, 5.74) is 0.813. The monoisotopic (exact) mass is 559 g/mol. The van der Waals surface area contributed by atoms with Gasteiger partial charge in [-0.15, -0.1) is 39.5 Å². The standard InChI is InChI=1S/C26H14F9NO3/c27-24(28,29)37-19-7-1-4-15(10-19)18-13-22(16-5-2-8-20(11-16)38-25(30,31)32)36-23(14-18)17-6-3-9-21(12-17)39-26(33,34)35/h1-14H. The minimum Gasteiger partial charge on any atom is -0.406 e. The van der Waals surface area contributed by atoms with Crippen LogP contribution in [0.25, 0.3) is 33.6 Å². The second kappa shape index (κ2) is 10.4. The number of aromatic nitrogens is 1. The second-order valence-corrected chi connectivity index (χ2v) is 7.85. The molecule has 0 aliphatic carbocycles. The summed E-state index contributed by atoms with van der Waals surface area (Å²) in [7, 11) is 0. The highest BCUT2D eigenvalue weighted by Gasteiger charge is 2.32. The minimum atomic E-state index is -4.98. The fourth-order valence-electron chi connectivity index (χ4n) is 3.57. The maximum absolute atomic E-state index is 12.7. The van der Waals surface area contributed by atoms with Gasteiger partial charge in [-0.2, -0.15) is 0 Å². The van der Waals surface area contributed by atoms with Gasteiger partial charge in [0.2, 0.25) is 0 Å². The van der Waals surface area contributed by atoms with Crippen molar-refractivity contribution in [2.45, 2.75) is 19.1 Å². The number of ether oxygens (including phenoxy) is 3. The van der Waals surface area contributed by atoms with Crippen LogP contribution < -0.4 is 14.2 Å². The molecule has 0 aliphatic heterocycles. The van der Waals surface area contributed by atoms with E-state index in [2.05, 4.69) is 19.2 Å². The largest absolute Gasteiger partial charge is 0.573 e. The zero-order chi connectivity index (χ0) is 28.4. The number of benzene rings is 3. The van der Waals surface area contributed by atoms with Gasteiger partial charge in [0.25, 0.3) is 0 Å². The molecule has 0 saturated carbocycles. The second-order valence-electron chi connectivity index (χ2n) is 7.85. The first kappa shape index (κ1) is 27.6. The van der Waals surface area contributed by atoms with Crippen molar-refractivity contribution in [1.82, 2.24) is 4.98 Å². The first-order valence-corrected chi connectivity index (χ1v) is 10.7. The molecule has 204 valence electrons. The lowest BCUT2D eigenvalue weighted by atomic mass is 9.99. The Kier molecular flexibility index (Phi) is 7.35. The predicted molar refractivity (Wildman–Crippen MR) is 121 cm³/mol. The van der Waals surface area contributed by atoms with Crippen molar-refractivity contribution in [3.05, 3.63) is 84.9 Å². The molecule has 4 rings (SSSR count). The topological polar surface area (TPSA) is 40.6 Å². The number of rotatable bonds is 6. The first-order chi connectivity index (χ1) is 18.1. The number of halogens is 9. The highest BCUT2D eigenvalue weighted by Crippen LogP contribution is 2.35. The molecular formula is C26H14F9NO3. The quantitative estimate of drug-likeness (QED) is 0.222. The molecule has 0 amide bonds. The van der Waals surface area contributed by atoms with Crippen LogP contribution in [0.3, 0.4) is 0 Å². The number of nitrogens with zero attached hydrogens (tertiary/aromatic N) is 1. The molecule has 0 saturated heterocycles. The summed E-state index contributed by atoms with van der Waals surface area (Å²) in [5, 5.41) is 0. The zero-order valence-corrected chi connectivity index (χ0v) is 19.2. The summed E-state index contributed by atoms with van der Waals surface area (Å²) in [6.45, 7) is 0. The molecule has 13 heteroatoms. The van der Waals surface area contributed by atoms with E-state index in [4.69, 9.17) is 0 Å². The molecule has 0 fully saturated rings. The van der Waals surface area contributed by atoms with Crippen LogP contribution in [0.4, 0.5) is 39.5 Å². The number of pyridine rings is 1. The van der Waals surface area contributed by atoms with E-state index >= 15 is 0 Å². The lowest BCUT2D eigenvalue weighted by Crippen LogP contribution is -2.17. The van der Waals surface area contributed by atoms with Crippen LogP contribution in [0.5, 0.6) is 17.2 Å². The van der Waals surface area contributed by atoms with Crippen LogP contribution in [0.1, 0.15) is 0 Å². The summed E-state index contributed by atoms with van der Waals surface area (Å²) < 4.78 is 126. The van der Waals surface area contributed by atoms with Crippen LogP contribution in [0.15, 0.2) is 84.9 Å². The number of alkyl halides is 9. The maximum atomic E-state index is 12.7. The molecule has 1 heterocycles. The molecule has 0 unspecified atom stereocenters. The SMILES string of the molecule is FC(F)(F)Oc1cccc(-c2cc(-c3cccc(OC(F)(F)F)c3)nc(-c3cccc(OC(F)(F)F)c3)c2)c1. The Morgan fingerprint density at radius 2 is 0.744 bits per heavy atom. The van der Waals surface area contributed by atoms with Crippen molar-refractivity contribution < 1.29 is 53.7 Å². The van der Waals surface area contributed by atoms with Crippen molar-refractivity contribution in [3.8, 4) is 50.9 Å². The van der Waals surface area contributed by atoms with E-state index in [1.54, 1.807) is 0 Å². The smallest absolute Gasteiger partial charge is 0.406 e. The zero-order valence-electron chi connectivity index (χ0n) is 19.2. The molecule has 0 spiro atoms. The average Bonchev–Trinajstić information content (AvgIpc) is 2.81. The highest BCUT2D eigenvalue weighted by atomic mass is 19.4. The van der Waals surface area contributed by atoms with E-state index in [-0.39, 0.29) is 33.6 Å². The van der Waals surface area contributed by atoms with Crippen molar-refractivity contribution in [3.63, 3.8) is 0 Å². The molecule has 4 nitrogen and oxygen atoms in total. The van der Waals surface area contributed by atoms with Gasteiger partial charge in [-0.1, -0.05) is 36.4 Å². The summed E-state index contributed by atoms with van der Waals surface area (Å²) in [5.74, 6) is -1.66. The summed E-state index contributed by atoms with van der Waals surface area (Å²) in [6.07, 6.45) is -14.9. The minimum absolute atomic E-state index is 0.0550. The van der Waals surface area contributed by atoms with Crippen LogP contribution in [-0.4, -0.2) is 24.1 Å². The Morgan fingerprint density at radius 3 is 1.10 bits per heavy atom. The van der Waals surface area contributed by atoms with Crippen molar-refractivity contribution in [2.24, 2.45) is 0 Å². The fraction of sp³-hybridized carbons (Fsp3) is 0.115. The van der Waals surface area contributed by atoms with Gasteiger partial charge < -0.3 is 14.2 Å². The summed E-state index contributed by atoms with van der Waals surface area (Å²) >= 11 is 0. The molecule has 4 aromatic rings. The van der Waals surface area contributed by atoms with E-state index in [9.17, 15) is 39.5 Å². The number of hydrogen-bond donors (Lipinski definition) is 0. The third kappa shape index (κ3) is 8.03. The highest BCUT2D eigenvalue weighted by molar-refractivity contribution is 5.77. The van der Waals surface area contributed by atoms with Crippen LogP contribution in [0, 0.1) is 0 Å². The van der Waals surface area contributed by atoms with Crippen molar-refractivity contribution >= 4 is 0 Å². The van der Waals surface area contributed by atoms with Gasteiger partial charge in [-0.05, 0) is 59.7 Å². The Labute approximate surface area is 214 Å². The summed E-state index contributed by atoms with van der Waals surface area (Å²) in [6, 6.07) is 17.2. The first-order valence-electron chi connectivity index (χ1n) is 10.7. The number of hydrogen-bond acceptors (Lipinski definition) is 4. The molecule has 0 radical (unpaired) electrons. The maximum Gasteiger partial charge on any atom is 0.573 e. The molecule has 0 atom stereocenters. The Bertz CT molecular complexity index is 1280. The van der Waals surface area contributed by atoms with E-state index in [0.717, 1.165) is 36.4 Å². The van der Waals surface area contributed by atoms with Gasteiger partial charge >= 0.3 is 19.1 Å². The van der Waals surface area contributed by atoms with E-state index in [1.165, 1.54) is 48.5 Å². The molecule has 39 heavy (non-hydrogen) atoms. The Morgan fingerprint density at radius 1 is 0.410 bits per heavy atom. The van der Waals surface area contributed by atoms with Gasteiger partial charge in [-0.25, -0.2) is 4.98 Å². The molecule has 0 aliphatic rings. The van der Waals surface area contributed by atoms with Gasteiger partial charge in [0.05, 0.1) is 11.4 Å². The molecule has 3 aromatic carbocycles. The van der Waals surface area contributed by atoms with Crippen LogP contribution in [-0.2, 0) is 0 Å².